The highest BCUT2D eigenvalue weighted by molar-refractivity contribution is 5.87. The zero-order valence-corrected chi connectivity index (χ0v) is 11.7. The minimum atomic E-state index is -0.315. The van der Waals surface area contributed by atoms with Gasteiger partial charge in [-0.3, -0.25) is 0 Å². The van der Waals surface area contributed by atoms with Crippen molar-refractivity contribution < 1.29 is 9.53 Å². The zero-order chi connectivity index (χ0) is 13.7. The molecule has 1 unspecified atom stereocenters. The van der Waals surface area contributed by atoms with Crippen LogP contribution < -0.4 is 0 Å². The van der Waals surface area contributed by atoms with Crippen LogP contribution in [0.15, 0.2) is 36.4 Å². The van der Waals surface area contributed by atoms with Crippen LogP contribution in [0.1, 0.15) is 44.7 Å². The molecule has 0 saturated heterocycles. The predicted octanol–water partition coefficient (Wildman–Crippen LogP) is 3.86. The Labute approximate surface area is 110 Å². The van der Waals surface area contributed by atoms with Gasteiger partial charge < -0.3 is 4.74 Å². The van der Waals surface area contributed by atoms with E-state index in [4.69, 9.17) is 4.74 Å². The summed E-state index contributed by atoms with van der Waals surface area (Å²) in [5, 5.41) is 0. The van der Waals surface area contributed by atoms with Crippen molar-refractivity contribution in [2.24, 2.45) is 0 Å². The lowest BCUT2D eigenvalue weighted by Gasteiger charge is -2.17. The lowest BCUT2D eigenvalue weighted by molar-refractivity contribution is -0.143. The van der Waals surface area contributed by atoms with Gasteiger partial charge in [-0.05, 0) is 30.9 Å². The molecule has 1 aromatic rings. The molecule has 18 heavy (non-hydrogen) atoms. The van der Waals surface area contributed by atoms with Gasteiger partial charge in [-0.15, -0.1) is 0 Å². The third-order valence-electron chi connectivity index (χ3n) is 2.84. The normalized spacial score (nSPS) is 12.3. The molecule has 0 heterocycles. The average molecular weight is 246 g/mol. The van der Waals surface area contributed by atoms with Gasteiger partial charge in [0.05, 0.1) is 0 Å². The Morgan fingerprint density at radius 2 is 1.89 bits per heavy atom. The molecule has 98 valence electrons. The fraction of sp³-hybridized carbons (Fsp3) is 0.438. The smallest absolute Gasteiger partial charge is 0.333 e. The second-order valence-corrected chi connectivity index (χ2v) is 5.05. The number of benzene rings is 1. The first-order valence-electron chi connectivity index (χ1n) is 6.36. The average Bonchev–Trinajstić information content (AvgIpc) is 2.28. The van der Waals surface area contributed by atoms with Gasteiger partial charge in [0.25, 0.3) is 0 Å². The topological polar surface area (TPSA) is 26.3 Å². The van der Waals surface area contributed by atoms with Crippen LogP contribution in [0, 0.1) is 0 Å². The molecular weight excluding hydrogens is 224 g/mol. The highest BCUT2D eigenvalue weighted by Crippen LogP contribution is 2.21. The van der Waals surface area contributed by atoms with Gasteiger partial charge in [0.1, 0.15) is 6.10 Å². The lowest BCUT2D eigenvalue weighted by atomic mass is 9.94. The van der Waals surface area contributed by atoms with Crippen LogP contribution in [0.5, 0.6) is 0 Å². The van der Waals surface area contributed by atoms with Crippen LogP contribution in [0.2, 0.25) is 0 Å². The Kier molecular flexibility index (Phi) is 5.14. The summed E-state index contributed by atoms with van der Waals surface area (Å²) in [4.78, 5) is 11.4. The Morgan fingerprint density at radius 3 is 2.44 bits per heavy atom. The van der Waals surface area contributed by atoms with Gasteiger partial charge in [0, 0.05) is 12.0 Å². The molecule has 0 saturated carbocycles. The van der Waals surface area contributed by atoms with E-state index >= 15 is 0 Å². The van der Waals surface area contributed by atoms with E-state index in [1.165, 1.54) is 11.1 Å². The molecule has 0 aliphatic rings. The number of esters is 1. The molecule has 0 radical (unpaired) electrons. The molecule has 1 rings (SSSR count). The number of carbonyl (C=O) groups is 1. The van der Waals surface area contributed by atoms with Crippen molar-refractivity contribution >= 4 is 5.97 Å². The van der Waals surface area contributed by atoms with Gasteiger partial charge >= 0.3 is 5.97 Å². The summed E-state index contributed by atoms with van der Waals surface area (Å²) >= 11 is 0. The maximum absolute atomic E-state index is 11.4. The third kappa shape index (κ3) is 4.02. The Hall–Kier alpha value is -1.57. The van der Waals surface area contributed by atoms with E-state index in [-0.39, 0.29) is 12.1 Å². The molecule has 0 aromatic heterocycles. The largest absolute Gasteiger partial charge is 0.459 e. The third-order valence-corrected chi connectivity index (χ3v) is 2.84. The van der Waals surface area contributed by atoms with E-state index in [1.54, 1.807) is 6.92 Å². The van der Waals surface area contributed by atoms with E-state index in [9.17, 15) is 4.79 Å². The van der Waals surface area contributed by atoms with Crippen molar-refractivity contribution in [1.29, 1.82) is 0 Å². The first-order valence-corrected chi connectivity index (χ1v) is 6.36. The van der Waals surface area contributed by atoms with E-state index in [2.05, 4.69) is 32.6 Å². The van der Waals surface area contributed by atoms with Crippen LogP contribution in [0.25, 0.3) is 0 Å². The minimum Gasteiger partial charge on any atom is -0.459 e. The van der Waals surface area contributed by atoms with E-state index in [1.807, 2.05) is 19.1 Å². The summed E-state index contributed by atoms with van der Waals surface area (Å²) in [5.41, 5.74) is 3.00. The summed E-state index contributed by atoms with van der Waals surface area (Å²) in [7, 11) is 0. The minimum absolute atomic E-state index is 0.130. The number of carbonyl (C=O) groups excluding carboxylic acids is 1. The van der Waals surface area contributed by atoms with Crippen molar-refractivity contribution in [2.45, 2.75) is 46.1 Å². The van der Waals surface area contributed by atoms with Crippen LogP contribution in [0.3, 0.4) is 0 Å². The summed E-state index contributed by atoms with van der Waals surface area (Å²) in [6, 6.07) is 8.30. The fourth-order valence-corrected chi connectivity index (χ4v) is 1.92. The maximum atomic E-state index is 11.4. The predicted molar refractivity (Wildman–Crippen MR) is 74.6 cm³/mol. The van der Waals surface area contributed by atoms with Crippen LogP contribution in [-0.2, 0) is 16.0 Å². The van der Waals surface area contributed by atoms with Gasteiger partial charge in [-0.2, -0.15) is 0 Å². The van der Waals surface area contributed by atoms with E-state index < -0.39 is 0 Å². The summed E-state index contributed by atoms with van der Waals surface area (Å²) in [5.74, 6) is 0.162. The first-order chi connectivity index (χ1) is 8.41. The standard InChI is InChI=1S/C16H22O2/c1-11(2)15-9-7-6-8-14(15)10-13(5)18-16(17)12(3)4/h6-9,11,13H,3,10H2,1-2,4-5H3. The van der Waals surface area contributed by atoms with Crippen molar-refractivity contribution in [3.63, 3.8) is 0 Å². The molecule has 0 aliphatic heterocycles. The Morgan fingerprint density at radius 1 is 1.28 bits per heavy atom. The molecule has 0 N–H and O–H groups in total. The van der Waals surface area contributed by atoms with Crippen molar-refractivity contribution in [1.82, 2.24) is 0 Å². The van der Waals surface area contributed by atoms with Crippen molar-refractivity contribution in [3.8, 4) is 0 Å². The number of rotatable bonds is 5. The fourth-order valence-electron chi connectivity index (χ4n) is 1.92. The summed E-state index contributed by atoms with van der Waals surface area (Å²) < 4.78 is 5.31. The molecule has 0 bridgehead atoms. The summed E-state index contributed by atoms with van der Waals surface area (Å²) in [6.07, 6.45) is 0.613. The lowest BCUT2D eigenvalue weighted by Crippen LogP contribution is -2.18. The molecule has 0 spiro atoms. The highest BCUT2D eigenvalue weighted by Gasteiger charge is 2.13. The Balaban J connectivity index is 2.73. The Bertz CT molecular complexity index is 432. The zero-order valence-electron chi connectivity index (χ0n) is 11.7. The first kappa shape index (κ1) is 14.5. The monoisotopic (exact) mass is 246 g/mol. The molecule has 0 amide bonds. The van der Waals surface area contributed by atoms with Gasteiger partial charge in [0.15, 0.2) is 0 Å². The van der Waals surface area contributed by atoms with E-state index in [0.717, 1.165) is 6.42 Å². The number of hydrogen-bond donors (Lipinski definition) is 0. The molecule has 2 nitrogen and oxygen atoms in total. The van der Waals surface area contributed by atoms with Crippen LogP contribution >= 0.6 is 0 Å². The van der Waals surface area contributed by atoms with Crippen molar-refractivity contribution in [3.05, 3.63) is 47.5 Å². The molecular formula is C16H22O2. The summed E-state index contributed by atoms with van der Waals surface area (Å²) in [6.45, 7) is 11.5. The molecule has 0 fully saturated rings. The number of hydrogen-bond acceptors (Lipinski definition) is 2. The van der Waals surface area contributed by atoms with Gasteiger partial charge in [-0.1, -0.05) is 44.7 Å². The molecule has 1 atom stereocenters. The van der Waals surface area contributed by atoms with Crippen LogP contribution in [-0.4, -0.2) is 12.1 Å². The highest BCUT2D eigenvalue weighted by atomic mass is 16.5. The van der Waals surface area contributed by atoms with Crippen LogP contribution in [0.4, 0.5) is 0 Å². The quantitative estimate of drug-likeness (QED) is 0.582. The van der Waals surface area contributed by atoms with Gasteiger partial charge in [0.2, 0.25) is 0 Å². The molecule has 2 heteroatoms. The second-order valence-electron chi connectivity index (χ2n) is 5.05. The molecule has 1 aromatic carbocycles. The molecule has 0 aliphatic carbocycles. The SMILES string of the molecule is C=C(C)C(=O)OC(C)Cc1ccccc1C(C)C. The van der Waals surface area contributed by atoms with E-state index in [0.29, 0.717) is 11.5 Å². The maximum Gasteiger partial charge on any atom is 0.333 e. The second kappa shape index (κ2) is 6.39. The van der Waals surface area contributed by atoms with Crippen molar-refractivity contribution in [2.75, 3.05) is 0 Å². The number of ether oxygens (including phenoxy) is 1. The van der Waals surface area contributed by atoms with Gasteiger partial charge in [-0.25, -0.2) is 4.79 Å².